The predicted octanol–water partition coefficient (Wildman–Crippen LogP) is 4.20. The van der Waals surface area contributed by atoms with E-state index >= 15 is 0 Å². The van der Waals surface area contributed by atoms with Gasteiger partial charge in [0.15, 0.2) is 6.23 Å². The van der Waals surface area contributed by atoms with Gasteiger partial charge in [-0.3, -0.25) is 4.79 Å². The number of ether oxygens (including phenoxy) is 1. The molecule has 1 aliphatic carbocycles. The smallest absolute Gasteiger partial charge is 0.261 e. The summed E-state index contributed by atoms with van der Waals surface area (Å²) in [6.07, 6.45) is 5.52. The van der Waals surface area contributed by atoms with Crippen molar-refractivity contribution in [2.24, 2.45) is 0 Å². The SMILES string of the molecule is CC.Cc1cn(C2CC(F)(F)C2)c(=O)c2cnn(C3CCCCO3)c12. The van der Waals surface area contributed by atoms with Crippen LogP contribution in [-0.2, 0) is 4.74 Å². The van der Waals surface area contributed by atoms with Gasteiger partial charge in [-0.2, -0.15) is 5.10 Å². The van der Waals surface area contributed by atoms with Crippen molar-refractivity contribution < 1.29 is 13.5 Å². The van der Waals surface area contributed by atoms with Crippen LogP contribution in [0.4, 0.5) is 8.78 Å². The highest BCUT2D eigenvalue weighted by Gasteiger charge is 2.46. The molecule has 0 aromatic carbocycles. The number of aromatic nitrogens is 3. The van der Waals surface area contributed by atoms with Crippen LogP contribution in [0.5, 0.6) is 0 Å². The lowest BCUT2D eigenvalue weighted by Gasteiger charge is -2.36. The first-order valence-electron chi connectivity index (χ1n) is 9.05. The summed E-state index contributed by atoms with van der Waals surface area (Å²) >= 11 is 0. The second kappa shape index (κ2) is 6.86. The zero-order valence-electron chi connectivity index (χ0n) is 15.0. The van der Waals surface area contributed by atoms with Crippen LogP contribution < -0.4 is 5.56 Å². The Morgan fingerprint density at radius 2 is 2.00 bits per heavy atom. The van der Waals surface area contributed by atoms with E-state index in [0.717, 1.165) is 30.3 Å². The predicted molar refractivity (Wildman–Crippen MR) is 92.1 cm³/mol. The summed E-state index contributed by atoms with van der Waals surface area (Å²) in [6, 6.07) is -0.421. The van der Waals surface area contributed by atoms with Crippen LogP contribution >= 0.6 is 0 Å². The van der Waals surface area contributed by atoms with Crippen LogP contribution in [0.15, 0.2) is 17.2 Å². The van der Waals surface area contributed by atoms with E-state index in [0.29, 0.717) is 12.0 Å². The highest BCUT2D eigenvalue weighted by Crippen LogP contribution is 2.45. The number of hydrogen-bond acceptors (Lipinski definition) is 3. The van der Waals surface area contributed by atoms with Crippen LogP contribution in [0.2, 0.25) is 0 Å². The molecule has 2 aromatic heterocycles. The molecule has 25 heavy (non-hydrogen) atoms. The first kappa shape index (κ1) is 18.0. The van der Waals surface area contributed by atoms with E-state index < -0.39 is 12.0 Å². The number of rotatable bonds is 2. The lowest BCUT2D eigenvalue weighted by molar-refractivity contribution is -0.104. The standard InChI is InChI=1S/C16H19F2N3O2.C2H6/c1-10-9-20(11-6-16(17,18)7-11)15(22)12-8-19-21(14(10)12)13-4-2-3-5-23-13;1-2/h8-9,11,13H,2-7H2,1H3;1-2H3. The third-order valence-corrected chi connectivity index (χ3v) is 4.86. The van der Waals surface area contributed by atoms with E-state index in [9.17, 15) is 13.6 Å². The average Bonchev–Trinajstić information content (AvgIpc) is 3.04. The Morgan fingerprint density at radius 1 is 1.28 bits per heavy atom. The van der Waals surface area contributed by atoms with Gasteiger partial charge in [0, 0.05) is 31.7 Å². The molecule has 0 radical (unpaired) electrons. The molecule has 4 rings (SSSR count). The summed E-state index contributed by atoms with van der Waals surface area (Å²) in [5.41, 5.74) is 1.37. The lowest BCUT2D eigenvalue weighted by atomic mass is 9.87. The largest absolute Gasteiger partial charge is 0.356 e. The molecule has 7 heteroatoms. The quantitative estimate of drug-likeness (QED) is 0.813. The molecule has 1 saturated heterocycles. The van der Waals surface area contributed by atoms with Gasteiger partial charge in [-0.15, -0.1) is 0 Å². The van der Waals surface area contributed by atoms with Gasteiger partial charge < -0.3 is 9.30 Å². The Kier molecular flexibility index (Phi) is 4.95. The number of fused-ring (bicyclic) bond motifs is 1. The van der Waals surface area contributed by atoms with Crippen molar-refractivity contribution in [3.8, 4) is 0 Å². The summed E-state index contributed by atoms with van der Waals surface area (Å²) in [5, 5.41) is 4.82. The van der Waals surface area contributed by atoms with Gasteiger partial charge in [0.1, 0.15) is 0 Å². The highest BCUT2D eigenvalue weighted by atomic mass is 19.3. The molecule has 0 N–H and O–H groups in total. The van der Waals surface area contributed by atoms with Gasteiger partial charge in [-0.05, 0) is 31.7 Å². The van der Waals surface area contributed by atoms with Gasteiger partial charge in [-0.1, -0.05) is 13.8 Å². The molecule has 1 saturated carbocycles. The van der Waals surface area contributed by atoms with E-state index in [2.05, 4.69) is 5.10 Å². The number of halogens is 2. The van der Waals surface area contributed by atoms with Crippen LogP contribution in [0.3, 0.4) is 0 Å². The zero-order valence-corrected chi connectivity index (χ0v) is 15.0. The Bertz CT molecular complexity index is 798. The normalized spacial score (nSPS) is 23.0. The van der Waals surface area contributed by atoms with Crippen LogP contribution in [0, 0.1) is 6.92 Å². The number of nitrogens with zero attached hydrogens (tertiary/aromatic N) is 3. The molecule has 0 amide bonds. The minimum absolute atomic E-state index is 0.150. The van der Waals surface area contributed by atoms with Gasteiger partial charge in [-0.25, -0.2) is 13.5 Å². The van der Waals surface area contributed by atoms with Gasteiger partial charge in [0.2, 0.25) is 0 Å². The molecule has 138 valence electrons. The van der Waals surface area contributed by atoms with Crippen LogP contribution in [0.1, 0.15) is 63.8 Å². The molecule has 2 aliphatic rings. The van der Waals surface area contributed by atoms with Crippen molar-refractivity contribution in [3.05, 3.63) is 28.3 Å². The molecular formula is C18H25F2N3O2. The van der Waals surface area contributed by atoms with Crippen molar-refractivity contribution in [2.45, 2.75) is 71.1 Å². The molecule has 2 aromatic rings. The number of aryl methyl sites for hydroxylation is 1. The molecule has 0 spiro atoms. The molecule has 5 nitrogen and oxygen atoms in total. The van der Waals surface area contributed by atoms with Gasteiger partial charge in [0.25, 0.3) is 11.5 Å². The van der Waals surface area contributed by atoms with E-state index in [4.69, 9.17) is 4.74 Å². The average molecular weight is 353 g/mol. The summed E-state index contributed by atoms with van der Waals surface area (Å²) in [7, 11) is 0. The molecule has 1 atom stereocenters. The van der Waals surface area contributed by atoms with Crippen molar-refractivity contribution in [1.82, 2.24) is 14.3 Å². The molecule has 0 bridgehead atoms. The van der Waals surface area contributed by atoms with Crippen LogP contribution in [0.25, 0.3) is 10.9 Å². The fourth-order valence-electron chi connectivity index (χ4n) is 3.61. The number of hydrogen-bond donors (Lipinski definition) is 0. The molecule has 1 aliphatic heterocycles. The topological polar surface area (TPSA) is 49.0 Å². The maximum atomic E-state index is 13.1. The molecule has 1 unspecified atom stereocenters. The van der Waals surface area contributed by atoms with Gasteiger partial charge >= 0.3 is 0 Å². The summed E-state index contributed by atoms with van der Waals surface area (Å²) in [5.74, 6) is -2.65. The third kappa shape index (κ3) is 3.21. The number of pyridine rings is 1. The second-order valence-electron chi connectivity index (χ2n) is 6.62. The molecule has 2 fully saturated rings. The zero-order chi connectivity index (χ0) is 18.2. The second-order valence-corrected chi connectivity index (χ2v) is 6.62. The summed E-state index contributed by atoms with van der Waals surface area (Å²) < 4.78 is 35.2. The summed E-state index contributed by atoms with van der Waals surface area (Å²) in [4.78, 5) is 12.6. The van der Waals surface area contributed by atoms with Crippen LogP contribution in [-0.4, -0.2) is 26.9 Å². The minimum atomic E-state index is -2.65. The Labute approximate surface area is 145 Å². The monoisotopic (exact) mass is 353 g/mol. The first-order chi connectivity index (χ1) is 12.0. The van der Waals surface area contributed by atoms with Crippen molar-refractivity contribution >= 4 is 10.9 Å². The van der Waals surface area contributed by atoms with E-state index in [1.807, 2.05) is 20.8 Å². The third-order valence-electron chi connectivity index (χ3n) is 4.86. The van der Waals surface area contributed by atoms with Crippen molar-refractivity contribution in [1.29, 1.82) is 0 Å². The maximum absolute atomic E-state index is 13.1. The van der Waals surface area contributed by atoms with E-state index in [1.54, 1.807) is 10.9 Å². The van der Waals surface area contributed by atoms with E-state index in [1.165, 1.54) is 10.8 Å². The Morgan fingerprint density at radius 3 is 2.60 bits per heavy atom. The first-order valence-corrected chi connectivity index (χ1v) is 9.05. The highest BCUT2D eigenvalue weighted by molar-refractivity contribution is 5.80. The van der Waals surface area contributed by atoms with Crippen molar-refractivity contribution in [3.63, 3.8) is 0 Å². The number of alkyl halides is 2. The minimum Gasteiger partial charge on any atom is -0.356 e. The summed E-state index contributed by atoms with van der Waals surface area (Å²) in [6.45, 7) is 6.58. The van der Waals surface area contributed by atoms with Gasteiger partial charge in [0.05, 0.1) is 17.1 Å². The Hall–Kier alpha value is -1.76. The fourth-order valence-corrected chi connectivity index (χ4v) is 3.61. The molecule has 3 heterocycles. The Balaban J connectivity index is 0.000000880. The lowest BCUT2D eigenvalue weighted by Crippen LogP contribution is -2.41. The fraction of sp³-hybridized carbons (Fsp3) is 0.667. The van der Waals surface area contributed by atoms with Crippen molar-refractivity contribution in [2.75, 3.05) is 6.61 Å². The van der Waals surface area contributed by atoms with E-state index in [-0.39, 0.29) is 24.6 Å². The maximum Gasteiger partial charge on any atom is 0.261 e. The molecular weight excluding hydrogens is 328 g/mol.